The molecular weight excluding hydrogens is 424 g/mol. The minimum atomic E-state index is -0.360. The fourth-order valence-electron chi connectivity index (χ4n) is 5.01. The highest BCUT2D eigenvalue weighted by molar-refractivity contribution is 5.89. The van der Waals surface area contributed by atoms with E-state index in [9.17, 15) is 9.90 Å². The molecule has 0 aliphatic heterocycles. The van der Waals surface area contributed by atoms with Gasteiger partial charge in [-0.2, -0.15) is 0 Å². The lowest BCUT2D eigenvalue weighted by Gasteiger charge is -2.29. The average Bonchev–Trinajstić information content (AvgIpc) is 2.90. The summed E-state index contributed by atoms with van der Waals surface area (Å²) in [4.78, 5) is 12.1. The van der Waals surface area contributed by atoms with Gasteiger partial charge in [0.05, 0.1) is 25.9 Å². The van der Waals surface area contributed by atoms with Gasteiger partial charge >= 0.3 is 5.97 Å². The van der Waals surface area contributed by atoms with E-state index in [1.165, 1.54) is 26.4 Å². The van der Waals surface area contributed by atoms with Crippen molar-refractivity contribution in [1.82, 2.24) is 0 Å². The molecule has 2 atom stereocenters. The Kier molecular flexibility index (Phi) is 8.02. The number of aliphatic hydroxyl groups excluding tert-OH is 1. The van der Waals surface area contributed by atoms with E-state index < -0.39 is 0 Å². The van der Waals surface area contributed by atoms with E-state index in [1.807, 2.05) is 30.3 Å². The van der Waals surface area contributed by atoms with E-state index in [-0.39, 0.29) is 18.0 Å². The summed E-state index contributed by atoms with van der Waals surface area (Å²) in [6.45, 7) is 0. The standard InChI is InChI=1S/C30H34O4/c1-33-28-16-15-24-17-21(11-13-25(24)19-28)12-14-26(20-29(31)22-7-4-3-5-8-22)23-9-6-10-27(18-23)30(32)34-2/h6,9-19,22,26,29,31H,3-5,7-8,20H2,1-2H3/b14-12+/t26-,29-/m0/s1. The average molecular weight is 459 g/mol. The largest absolute Gasteiger partial charge is 0.497 e. The Morgan fingerprint density at radius 1 is 1.00 bits per heavy atom. The second kappa shape index (κ2) is 11.3. The summed E-state index contributed by atoms with van der Waals surface area (Å²) < 4.78 is 10.3. The molecule has 34 heavy (non-hydrogen) atoms. The van der Waals surface area contributed by atoms with Crippen LogP contribution in [0.25, 0.3) is 16.8 Å². The summed E-state index contributed by atoms with van der Waals surface area (Å²) in [6.07, 6.45) is 10.4. The number of fused-ring (bicyclic) bond motifs is 1. The number of methoxy groups -OCH3 is 2. The monoisotopic (exact) mass is 458 g/mol. The van der Waals surface area contributed by atoms with Crippen LogP contribution in [0, 0.1) is 5.92 Å². The molecule has 0 spiro atoms. The van der Waals surface area contributed by atoms with E-state index in [2.05, 4.69) is 36.4 Å². The second-order valence-corrected chi connectivity index (χ2v) is 9.26. The van der Waals surface area contributed by atoms with Crippen molar-refractivity contribution in [3.05, 3.63) is 83.4 Å². The Morgan fingerprint density at radius 2 is 1.76 bits per heavy atom. The van der Waals surface area contributed by atoms with Crippen LogP contribution in [-0.4, -0.2) is 31.4 Å². The van der Waals surface area contributed by atoms with Crippen molar-refractivity contribution in [2.45, 2.75) is 50.5 Å². The number of carbonyl (C=O) groups excluding carboxylic acids is 1. The Labute approximate surface area is 202 Å². The second-order valence-electron chi connectivity index (χ2n) is 9.26. The number of benzene rings is 3. The molecule has 0 heterocycles. The van der Waals surface area contributed by atoms with Gasteiger partial charge in [-0.25, -0.2) is 4.79 Å². The molecule has 0 amide bonds. The normalized spacial score (nSPS) is 16.4. The summed E-state index contributed by atoms with van der Waals surface area (Å²) in [7, 11) is 3.07. The minimum absolute atomic E-state index is 0.00639. The summed E-state index contributed by atoms with van der Waals surface area (Å²) >= 11 is 0. The molecule has 0 unspecified atom stereocenters. The molecule has 178 valence electrons. The third-order valence-corrected chi connectivity index (χ3v) is 7.02. The first-order valence-electron chi connectivity index (χ1n) is 12.2. The van der Waals surface area contributed by atoms with Crippen molar-refractivity contribution in [2.24, 2.45) is 5.92 Å². The topological polar surface area (TPSA) is 55.8 Å². The Hall–Kier alpha value is -3.11. The van der Waals surface area contributed by atoms with Crippen LogP contribution in [0.5, 0.6) is 5.75 Å². The fraction of sp³-hybridized carbons (Fsp3) is 0.367. The third kappa shape index (κ3) is 5.87. The van der Waals surface area contributed by atoms with Gasteiger partial charge in [-0.3, -0.25) is 0 Å². The molecule has 1 N–H and O–H groups in total. The van der Waals surface area contributed by atoms with Crippen molar-refractivity contribution < 1.29 is 19.4 Å². The smallest absolute Gasteiger partial charge is 0.337 e. The first kappa shape index (κ1) is 24.0. The summed E-state index contributed by atoms with van der Waals surface area (Å²) in [5.41, 5.74) is 2.64. The minimum Gasteiger partial charge on any atom is -0.497 e. The van der Waals surface area contributed by atoms with Gasteiger partial charge in [-0.15, -0.1) is 0 Å². The molecule has 1 saturated carbocycles. The molecule has 3 aromatic rings. The quantitative estimate of drug-likeness (QED) is 0.379. The fourth-order valence-corrected chi connectivity index (χ4v) is 5.01. The lowest BCUT2D eigenvalue weighted by molar-refractivity contribution is 0.0600. The first-order chi connectivity index (χ1) is 16.6. The van der Waals surface area contributed by atoms with Crippen molar-refractivity contribution in [2.75, 3.05) is 14.2 Å². The molecule has 0 aromatic heterocycles. The van der Waals surface area contributed by atoms with Gasteiger partial charge in [0.2, 0.25) is 0 Å². The van der Waals surface area contributed by atoms with Crippen LogP contribution in [-0.2, 0) is 4.74 Å². The number of esters is 1. The molecule has 4 nitrogen and oxygen atoms in total. The molecule has 4 heteroatoms. The number of rotatable bonds is 8. The molecule has 1 aliphatic rings. The molecular formula is C30H34O4. The summed E-state index contributed by atoms with van der Waals surface area (Å²) in [5, 5.41) is 13.4. The number of hydrogen-bond donors (Lipinski definition) is 1. The van der Waals surface area contributed by atoms with Crippen molar-refractivity contribution in [1.29, 1.82) is 0 Å². The highest BCUT2D eigenvalue weighted by Gasteiger charge is 2.25. The predicted molar refractivity (Wildman–Crippen MR) is 137 cm³/mol. The maximum absolute atomic E-state index is 12.1. The van der Waals surface area contributed by atoms with Crippen LogP contribution < -0.4 is 4.74 Å². The molecule has 0 radical (unpaired) electrons. The van der Waals surface area contributed by atoms with E-state index in [1.54, 1.807) is 13.2 Å². The maximum Gasteiger partial charge on any atom is 0.337 e. The molecule has 3 aromatic carbocycles. The SMILES string of the molecule is COC(=O)c1cccc([C@@H](/C=C/c2ccc3cc(OC)ccc3c2)C[C@H](O)C2CCCCC2)c1. The zero-order chi connectivity index (χ0) is 23.9. The number of allylic oxidation sites excluding steroid dienone is 1. The lowest BCUT2D eigenvalue weighted by Crippen LogP contribution is -2.24. The van der Waals surface area contributed by atoms with Gasteiger partial charge in [0.1, 0.15) is 5.75 Å². The zero-order valence-electron chi connectivity index (χ0n) is 20.1. The Balaban J connectivity index is 1.61. The van der Waals surface area contributed by atoms with E-state index >= 15 is 0 Å². The van der Waals surface area contributed by atoms with Crippen molar-refractivity contribution in [3.63, 3.8) is 0 Å². The van der Waals surface area contributed by atoms with Gasteiger partial charge in [0.25, 0.3) is 0 Å². The first-order valence-corrected chi connectivity index (χ1v) is 12.2. The highest BCUT2D eigenvalue weighted by atomic mass is 16.5. The van der Waals surface area contributed by atoms with Crippen LogP contribution in [0.15, 0.2) is 66.7 Å². The lowest BCUT2D eigenvalue weighted by atomic mass is 9.80. The van der Waals surface area contributed by atoms with E-state index in [0.717, 1.165) is 40.5 Å². The van der Waals surface area contributed by atoms with Gasteiger partial charge in [-0.1, -0.05) is 61.7 Å². The van der Waals surface area contributed by atoms with E-state index in [0.29, 0.717) is 17.9 Å². The van der Waals surface area contributed by atoms with Gasteiger partial charge < -0.3 is 14.6 Å². The molecule has 1 aliphatic carbocycles. The van der Waals surface area contributed by atoms with Crippen LogP contribution in [0.4, 0.5) is 0 Å². The predicted octanol–water partition coefficient (Wildman–Crippen LogP) is 6.76. The molecule has 1 fully saturated rings. The maximum atomic E-state index is 12.1. The zero-order valence-corrected chi connectivity index (χ0v) is 20.1. The number of aliphatic hydroxyl groups is 1. The van der Waals surface area contributed by atoms with Crippen LogP contribution in [0.1, 0.15) is 65.9 Å². The molecule has 4 rings (SSSR count). The third-order valence-electron chi connectivity index (χ3n) is 7.02. The Bertz CT molecular complexity index is 1140. The van der Waals surface area contributed by atoms with Gasteiger partial charge in [0.15, 0.2) is 0 Å². The van der Waals surface area contributed by atoms with Crippen molar-refractivity contribution in [3.8, 4) is 5.75 Å². The number of hydrogen-bond acceptors (Lipinski definition) is 4. The number of carbonyl (C=O) groups is 1. The summed E-state index contributed by atoms with van der Waals surface area (Å²) in [6, 6.07) is 20.0. The molecule has 0 bridgehead atoms. The van der Waals surface area contributed by atoms with Crippen LogP contribution >= 0.6 is 0 Å². The van der Waals surface area contributed by atoms with Crippen LogP contribution in [0.3, 0.4) is 0 Å². The van der Waals surface area contributed by atoms with Gasteiger partial charge in [-0.05, 0) is 77.4 Å². The van der Waals surface area contributed by atoms with Crippen LogP contribution in [0.2, 0.25) is 0 Å². The van der Waals surface area contributed by atoms with E-state index in [4.69, 9.17) is 9.47 Å². The summed E-state index contributed by atoms with van der Waals surface area (Å²) in [5.74, 6) is 0.845. The van der Waals surface area contributed by atoms with Gasteiger partial charge in [0, 0.05) is 5.92 Å². The Morgan fingerprint density at radius 3 is 2.53 bits per heavy atom. The number of ether oxygens (including phenoxy) is 2. The van der Waals surface area contributed by atoms with Crippen molar-refractivity contribution >= 4 is 22.8 Å². The highest BCUT2D eigenvalue weighted by Crippen LogP contribution is 2.33. The molecule has 0 saturated heterocycles.